The maximum atomic E-state index is 12.8. The molecule has 16 heavy (non-hydrogen) atoms. The van der Waals surface area contributed by atoms with Crippen molar-refractivity contribution < 1.29 is 9.13 Å². The second-order valence-corrected chi connectivity index (χ2v) is 4.83. The molecule has 3 heteroatoms. The van der Waals surface area contributed by atoms with E-state index < -0.39 is 0 Å². The first-order valence-corrected chi connectivity index (χ1v) is 5.71. The summed E-state index contributed by atoms with van der Waals surface area (Å²) < 4.78 is 18.6. The molecule has 0 amide bonds. The van der Waals surface area contributed by atoms with Crippen LogP contribution in [0.2, 0.25) is 0 Å². The van der Waals surface area contributed by atoms with Gasteiger partial charge in [0.2, 0.25) is 0 Å². The molecule has 1 saturated heterocycles. The summed E-state index contributed by atoms with van der Waals surface area (Å²) in [6.45, 7) is 5.95. The van der Waals surface area contributed by atoms with Gasteiger partial charge in [0.25, 0.3) is 0 Å². The van der Waals surface area contributed by atoms with E-state index in [1.165, 1.54) is 12.1 Å². The third-order valence-electron chi connectivity index (χ3n) is 2.97. The van der Waals surface area contributed by atoms with Crippen molar-refractivity contribution in [1.29, 1.82) is 0 Å². The minimum atomic E-state index is -0.315. The Morgan fingerprint density at radius 1 is 1.44 bits per heavy atom. The fourth-order valence-electron chi connectivity index (χ4n) is 1.93. The second-order valence-electron chi connectivity index (χ2n) is 4.83. The van der Waals surface area contributed by atoms with E-state index in [4.69, 9.17) is 4.74 Å². The van der Waals surface area contributed by atoms with Crippen LogP contribution in [-0.4, -0.2) is 18.9 Å². The first-order chi connectivity index (χ1) is 7.57. The van der Waals surface area contributed by atoms with E-state index >= 15 is 0 Å². The lowest BCUT2D eigenvalue weighted by Gasteiger charge is -2.38. The molecule has 2 unspecified atom stereocenters. The minimum absolute atomic E-state index is 0.194. The molecule has 1 aliphatic heterocycles. The van der Waals surface area contributed by atoms with E-state index in [0.717, 1.165) is 25.1 Å². The van der Waals surface area contributed by atoms with E-state index in [2.05, 4.69) is 12.2 Å². The van der Waals surface area contributed by atoms with Crippen molar-refractivity contribution in [3.63, 3.8) is 0 Å². The number of ether oxygens (including phenoxy) is 1. The average Bonchev–Trinajstić information content (AvgIpc) is 2.27. The van der Waals surface area contributed by atoms with Crippen LogP contribution in [-0.2, 0) is 11.2 Å². The van der Waals surface area contributed by atoms with E-state index in [9.17, 15) is 4.39 Å². The molecule has 1 fully saturated rings. The Labute approximate surface area is 95.8 Å². The van der Waals surface area contributed by atoms with Gasteiger partial charge in [-0.05, 0) is 30.5 Å². The quantitative estimate of drug-likeness (QED) is 0.831. The zero-order valence-corrected chi connectivity index (χ0v) is 9.79. The van der Waals surface area contributed by atoms with E-state index in [-0.39, 0.29) is 11.5 Å². The van der Waals surface area contributed by atoms with Gasteiger partial charge in [-0.25, -0.2) is 4.39 Å². The lowest BCUT2D eigenvalue weighted by atomic mass is 10.0. The molecule has 1 aromatic rings. The number of hydrogen-bond acceptors (Lipinski definition) is 2. The number of hydrogen-bond donors (Lipinski definition) is 1. The molecule has 0 saturated carbocycles. The summed E-state index contributed by atoms with van der Waals surface area (Å²) in [5.74, 6) is 0.362. The van der Waals surface area contributed by atoms with Crippen LogP contribution in [0.4, 0.5) is 4.39 Å². The van der Waals surface area contributed by atoms with Gasteiger partial charge in [0, 0.05) is 13.0 Å². The van der Waals surface area contributed by atoms with Gasteiger partial charge in [0.15, 0.2) is 0 Å². The van der Waals surface area contributed by atoms with Crippen molar-refractivity contribution in [2.24, 2.45) is 5.92 Å². The molecule has 0 bridgehead atoms. The van der Waals surface area contributed by atoms with Gasteiger partial charge >= 0.3 is 0 Å². The molecule has 1 heterocycles. The monoisotopic (exact) mass is 223 g/mol. The highest BCUT2D eigenvalue weighted by Crippen LogP contribution is 2.20. The Kier molecular flexibility index (Phi) is 3.26. The summed E-state index contributed by atoms with van der Waals surface area (Å²) in [5, 5.41) is 3.39. The molecule has 1 aromatic carbocycles. The predicted molar refractivity (Wildman–Crippen MR) is 61.6 cm³/mol. The molecular formula is C13H18FNO. The number of nitrogens with one attached hydrogen (secondary N) is 1. The standard InChI is InChI=1S/C13H18FNO/c1-10-8-15-13(2,16-9-10)7-11-3-5-12(14)6-4-11/h3-6,10,15H,7-9H2,1-2H3. The molecule has 2 atom stereocenters. The highest BCUT2D eigenvalue weighted by atomic mass is 19.1. The first kappa shape index (κ1) is 11.6. The molecular weight excluding hydrogens is 205 g/mol. The Morgan fingerprint density at radius 2 is 2.12 bits per heavy atom. The molecule has 0 radical (unpaired) electrons. The van der Waals surface area contributed by atoms with Gasteiger partial charge < -0.3 is 4.74 Å². The molecule has 88 valence electrons. The summed E-state index contributed by atoms with van der Waals surface area (Å²) in [6, 6.07) is 6.60. The van der Waals surface area contributed by atoms with Crippen LogP contribution < -0.4 is 5.32 Å². The van der Waals surface area contributed by atoms with Crippen molar-refractivity contribution in [3.8, 4) is 0 Å². The van der Waals surface area contributed by atoms with Gasteiger partial charge in [-0.2, -0.15) is 0 Å². The highest BCUT2D eigenvalue weighted by molar-refractivity contribution is 5.18. The van der Waals surface area contributed by atoms with Gasteiger partial charge in [-0.1, -0.05) is 19.1 Å². The van der Waals surface area contributed by atoms with Crippen LogP contribution in [0.3, 0.4) is 0 Å². The fraction of sp³-hybridized carbons (Fsp3) is 0.538. The topological polar surface area (TPSA) is 21.3 Å². The SMILES string of the molecule is CC1CNC(C)(Cc2ccc(F)cc2)OC1. The van der Waals surface area contributed by atoms with Gasteiger partial charge in [0.1, 0.15) is 11.5 Å². The van der Waals surface area contributed by atoms with Gasteiger partial charge in [-0.3, -0.25) is 5.32 Å². The number of benzene rings is 1. The predicted octanol–water partition coefficient (Wildman–Crippen LogP) is 2.34. The normalized spacial score (nSPS) is 30.3. The molecule has 2 nitrogen and oxygen atoms in total. The van der Waals surface area contributed by atoms with Crippen LogP contribution in [0, 0.1) is 11.7 Å². The fourth-order valence-corrected chi connectivity index (χ4v) is 1.93. The maximum Gasteiger partial charge on any atom is 0.123 e. The van der Waals surface area contributed by atoms with Crippen LogP contribution in [0.25, 0.3) is 0 Å². The Morgan fingerprint density at radius 3 is 2.69 bits per heavy atom. The summed E-state index contributed by atoms with van der Waals surface area (Å²) in [7, 11) is 0. The van der Waals surface area contributed by atoms with Crippen molar-refractivity contribution in [2.45, 2.75) is 26.0 Å². The largest absolute Gasteiger partial charge is 0.360 e. The lowest BCUT2D eigenvalue weighted by molar-refractivity contribution is -0.0997. The molecule has 2 rings (SSSR count). The summed E-state index contributed by atoms with van der Waals surface area (Å²) >= 11 is 0. The van der Waals surface area contributed by atoms with E-state index in [0.29, 0.717) is 5.92 Å². The number of halogens is 1. The third kappa shape index (κ3) is 2.80. The van der Waals surface area contributed by atoms with Crippen LogP contribution in [0.1, 0.15) is 19.4 Å². The zero-order valence-electron chi connectivity index (χ0n) is 9.79. The van der Waals surface area contributed by atoms with Crippen molar-refractivity contribution in [2.75, 3.05) is 13.2 Å². The summed E-state index contributed by atoms with van der Waals surface area (Å²) in [6.07, 6.45) is 0.764. The molecule has 0 aromatic heterocycles. The van der Waals surface area contributed by atoms with Crippen LogP contribution >= 0.6 is 0 Å². The smallest absolute Gasteiger partial charge is 0.123 e. The Bertz CT molecular complexity index is 341. The minimum Gasteiger partial charge on any atom is -0.360 e. The van der Waals surface area contributed by atoms with E-state index in [1.807, 2.05) is 19.1 Å². The van der Waals surface area contributed by atoms with Crippen LogP contribution in [0.5, 0.6) is 0 Å². The number of rotatable bonds is 2. The van der Waals surface area contributed by atoms with Crippen molar-refractivity contribution >= 4 is 0 Å². The van der Waals surface area contributed by atoms with Crippen molar-refractivity contribution in [3.05, 3.63) is 35.6 Å². The Balaban J connectivity index is 2.00. The average molecular weight is 223 g/mol. The van der Waals surface area contributed by atoms with E-state index in [1.54, 1.807) is 0 Å². The highest BCUT2D eigenvalue weighted by Gasteiger charge is 2.29. The summed E-state index contributed by atoms with van der Waals surface area (Å²) in [5.41, 5.74) is 0.774. The molecule has 0 aliphatic carbocycles. The third-order valence-corrected chi connectivity index (χ3v) is 2.97. The molecule has 1 aliphatic rings. The Hall–Kier alpha value is -0.930. The van der Waals surface area contributed by atoms with Crippen molar-refractivity contribution in [1.82, 2.24) is 5.32 Å². The molecule has 0 spiro atoms. The van der Waals surface area contributed by atoms with Crippen LogP contribution in [0.15, 0.2) is 24.3 Å². The second kappa shape index (κ2) is 4.52. The van der Waals surface area contributed by atoms with Gasteiger partial charge in [-0.15, -0.1) is 0 Å². The van der Waals surface area contributed by atoms with Gasteiger partial charge in [0.05, 0.1) is 6.61 Å². The zero-order chi connectivity index (χ0) is 11.6. The summed E-state index contributed by atoms with van der Waals surface area (Å²) in [4.78, 5) is 0. The lowest BCUT2D eigenvalue weighted by Crippen LogP contribution is -2.53. The first-order valence-electron chi connectivity index (χ1n) is 5.71. The maximum absolute atomic E-state index is 12.8. The molecule has 1 N–H and O–H groups in total.